The summed E-state index contributed by atoms with van der Waals surface area (Å²) in [7, 11) is 0. The standard InChI is InChI=1S/C15H26O2/c1-3-5-7-11-15(12-8-6-4-2)13(16)9-10-14(15)17/h3-12H2,1-2H3. The number of rotatable bonds is 8. The molecule has 0 unspecified atom stereocenters. The zero-order valence-electron chi connectivity index (χ0n) is 11.4. The molecule has 0 amide bonds. The van der Waals surface area contributed by atoms with Gasteiger partial charge in [-0.15, -0.1) is 0 Å². The molecule has 0 saturated heterocycles. The monoisotopic (exact) mass is 238 g/mol. The first-order valence-corrected chi connectivity index (χ1v) is 7.24. The van der Waals surface area contributed by atoms with Crippen molar-refractivity contribution in [2.45, 2.75) is 78.1 Å². The Balaban J connectivity index is 2.62. The molecular weight excluding hydrogens is 212 g/mol. The van der Waals surface area contributed by atoms with Gasteiger partial charge in [0.1, 0.15) is 11.6 Å². The highest BCUT2D eigenvalue weighted by Gasteiger charge is 2.47. The molecule has 0 spiro atoms. The van der Waals surface area contributed by atoms with Crippen LogP contribution in [0.5, 0.6) is 0 Å². The summed E-state index contributed by atoms with van der Waals surface area (Å²) in [6, 6.07) is 0. The van der Waals surface area contributed by atoms with Gasteiger partial charge in [-0.1, -0.05) is 52.4 Å². The van der Waals surface area contributed by atoms with E-state index in [4.69, 9.17) is 0 Å². The lowest BCUT2D eigenvalue weighted by atomic mass is 9.75. The van der Waals surface area contributed by atoms with Gasteiger partial charge in [-0.2, -0.15) is 0 Å². The minimum Gasteiger partial charge on any atom is -0.299 e. The van der Waals surface area contributed by atoms with Crippen LogP contribution in [0.4, 0.5) is 0 Å². The molecule has 0 aromatic carbocycles. The molecule has 2 nitrogen and oxygen atoms in total. The Morgan fingerprint density at radius 3 is 1.59 bits per heavy atom. The van der Waals surface area contributed by atoms with Crippen LogP contribution < -0.4 is 0 Å². The third-order valence-electron chi connectivity index (χ3n) is 4.06. The highest BCUT2D eigenvalue weighted by molar-refractivity contribution is 6.12. The Labute approximate surface area is 105 Å². The van der Waals surface area contributed by atoms with Gasteiger partial charge >= 0.3 is 0 Å². The molecule has 1 aliphatic carbocycles. The average Bonchev–Trinajstić information content (AvgIpc) is 2.59. The number of Topliss-reactive ketones (excluding diaryl/α,β-unsaturated/α-hetero) is 2. The summed E-state index contributed by atoms with van der Waals surface area (Å²) < 4.78 is 0. The van der Waals surface area contributed by atoms with E-state index >= 15 is 0 Å². The van der Waals surface area contributed by atoms with Gasteiger partial charge in [0.2, 0.25) is 0 Å². The molecular formula is C15H26O2. The number of hydrogen-bond acceptors (Lipinski definition) is 2. The lowest BCUT2D eigenvalue weighted by Gasteiger charge is -2.25. The minimum absolute atomic E-state index is 0.231. The van der Waals surface area contributed by atoms with Crippen LogP contribution in [-0.4, -0.2) is 11.6 Å². The van der Waals surface area contributed by atoms with Crippen LogP contribution in [0.25, 0.3) is 0 Å². The van der Waals surface area contributed by atoms with E-state index in [0.29, 0.717) is 12.8 Å². The van der Waals surface area contributed by atoms with E-state index in [9.17, 15) is 9.59 Å². The molecule has 1 fully saturated rings. The molecule has 0 aromatic heterocycles. The summed E-state index contributed by atoms with van der Waals surface area (Å²) in [5, 5.41) is 0. The van der Waals surface area contributed by atoms with Crippen LogP contribution in [0, 0.1) is 5.41 Å². The summed E-state index contributed by atoms with van der Waals surface area (Å²) in [5.74, 6) is 0.462. The first kappa shape index (κ1) is 14.4. The van der Waals surface area contributed by atoms with Crippen LogP contribution >= 0.6 is 0 Å². The van der Waals surface area contributed by atoms with Gasteiger partial charge in [0, 0.05) is 12.8 Å². The second kappa shape index (κ2) is 6.93. The lowest BCUT2D eigenvalue weighted by molar-refractivity contribution is -0.136. The number of carbonyl (C=O) groups is 2. The smallest absolute Gasteiger partial charge is 0.146 e. The second-order valence-corrected chi connectivity index (χ2v) is 5.34. The molecule has 0 atom stereocenters. The van der Waals surface area contributed by atoms with Crippen molar-refractivity contribution in [2.24, 2.45) is 5.41 Å². The largest absolute Gasteiger partial charge is 0.299 e. The van der Waals surface area contributed by atoms with Crippen molar-refractivity contribution in [3.05, 3.63) is 0 Å². The Hall–Kier alpha value is -0.660. The first-order valence-electron chi connectivity index (χ1n) is 7.24. The number of hydrogen-bond donors (Lipinski definition) is 0. The highest BCUT2D eigenvalue weighted by Crippen LogP contribution is 2.41. The fraction of sp³-hybridized carbons (Fsp3) is 0.867. The van der Waals surface area contributed by atoms with Gasteiger partial charge in [-0.3, -0.25) is 9.59 Å². The lowest BCUT2D eigenvalue weighted by Crippen LogP contribution is -2.33. The van der Waals surface area contributed by atoms with Crippen molar-refractivity contribution in [2.75, 3.05) is 0 Å². The Morgan fingerprint density at radius 1 is 0.824 bits per heavy atom. The predicted octanol–water partition coefficient (Wildman–Crippen LogP) is 4.07. The van der Waals surface area contributed by atoms with E-state index in [0.717, 1.165) is 51.4 Å². The molecule has 0 heterocycles. The normalized spacial score (nSPS) is 18.9. The van der Waals surface area contributed by atoms with Crippen molar-refractivity contribution in [1.29, 1.82) is 0 Å². The van der Waals surface area contributed by atoms with Gasteiger partial charge in [0.05, 0.1) is 5.41 Å². The van der Waals surface area contributed by atoms with Crippen LogP contribution in [0.3, 0.4) is 0 Å². The van der Waals surface area contributed by atoms with Crippen LogP contribution in [0.1, 0.15) is 78.1 Å². The van der Waals surface area contributed by atoms with Gasteiger partial charge in [-0.25, -0.2) is 0 Å². The average molecular weight is 238 g/mol. The fourth-order valence-corrected chi connectivity index (χ4v) is 2.90. The van der Waals surface area contributed by atoms with E-state index in [1.54, 1.807) is 0 Å². The van der Waals surface area contributed by atoms with Crippen molar-refractivity contribution < 1.29 is 9.59 Å². The van der Waals surface area contributed by atoms with Crippen molar-refractivity contribution in [3.63, 3.8) is 0 Å². The molecule has 17 heavy (non-hydrogen) atoms. The number of ketones is 2. The first-order chi connectivity index (χ1) is 8.17. The van der Waals surface area contributed by atoms with E-state index in [1.165, 1.54) is 0 Å². The van der Waals surface area contributed by atoms with Crippen LogP contribution in [0.15, 0.2) is 0 Å². The van der Waals surface area contributed by atoms with E-state index in [2.05, 4.69) is 13.8 Å². The van der Waals surface area contributed by atoms with E-state index in [1.807, 2.05) is 0 Å². The molecule has 0 aliphatic heterocycles. The van der Waals surface area contributed by atoms with Gasteiger partial charge in [0.15, 0.2) is 0 Å². The fourth-order valence-electron chi connectivity index (χ4n) is 2.90. The molecule has 1 saturated carbocycles. The van der Waals surface area contributed by atoms with Crippen LogP contribution in [-0.2, 0) is 9.59 Å². The Morgan fingerprint density at radius 2 is 1.24 bits per heavy atom. The van der Waals surface area contributed by atoms with E-state index < -0.39 is 5.41 Å². The van der Waals surface area contributed by atoms with Crippen molar-refractivity contribution in [3.8, 4) is 0 Å². The number of unbranched alkanes of at least 4 members (excludes halogenated alkanes) is 4. The maximum atomic E-state index is 12.1. The topological polar surface area (TPSA) is 34.1 Å². The maximum Gasteiger partial charge on any atom is 0.146 e. The second-order valence-electron chi connectivity index (χ2n) is 5.34. The zero-order chi connectivity index (χ0) is 12.7. The molecule has 0 aromatic rings. The molecule has 1 rings (SSSR count). The third kappa shape index (κ3) is 3.40. The van der Waals surface area contributed by atoms with Gasteiger partial charge < -0.3 is 0 Å². The molecule has 98 valence electrons. The quantitative estimate of drug-likeness (QED) is 0.472. The van der Waals surface area contributed by atoms with E-state index in [-0.39, 0.29) is 11.6 Å². The summed E-state index contributed by atoms with van der Waals surface area (Å²) in [5.41, 5.74) is -0.565. The molecule has 0 bridgehead atoms. The zero-order valence-corrected chi connectivity index (χ0v) is 11.4. The summed E-state index contributed by atoms with van der Waals surface area (Å²) in [4.78, 5) is 24.1. The molecule has 1 aliphatic rings. The molecule has 0 N–H and O–H groups in total. The molecule has 2 heteroatoms. The Bertz CT molecular complexity index is 240. The minimum atomic E-state index is -0.565. The maximum absolute atomic E-state index is 12.1. The summed E-state index contributed by atoms with van der Waals surface area (Å²) in [6.45, 7) is 4.31. The van der Waals surface area contributed by atoms with Crippen molar-refractivity contribution in [1.82, 2.24) is 0 Å². The van der Waals surface area contributed by atoms with Crippen LogP contribution in [0.2, 0.25) is 0 Å². The Kier molecular flexibility index (Phi) is 5.87. The predicted molar refractivity (Wildman–Crippen MR) is 70.0 cm³/mol. The highest BCUT2D eigenvalue weighted by atomic mass is 16.2. The third-order valence-corrected chi connectivity index (χ3v) is 4.06. The van der Waals surface area contributed by atoms with Gasteiger partial charge in [0.25, 0.3) is 0 Å². The summed E-state index contributed by atoms with van der Waals surface area (Å²) >= 11 is 0. The van der Waals surface area contributed by atoms with Crippen molar-refractivity contribution >= 4 is 11.6 Å². The molecule has 0 radical (unpaired) electrons. The summed E-state index contributed by atoms with van der Waals surface area (Å²) in [6.07, 6.45) is 9.23. The SMILES string of the molecule is CCCCCC1(CCCCC)C(=O)CCC1=O. The number of carbonyl (C=O) groups excluding carboxylic acids is 2. The van der Waals surface area contributed by atoms with Gasteiger partial charge in [-0.05, 0) is 12.8 Å².